The summed E-state index contributed by atoms with van der Waals surface area (Å²) in [5.74, 6) is -0.232. The van der Waals surface area contributed by atoms with E-state index in [-0.39, 0.29) is 34.8 Å². The van der Waals surface area contributed by atoms with E-state index in [0.717, 1.165) is 5.56 Å². The molecule has 3 aromatic heterocycles. The van der Waals surface area contributed by atoms with Crippen LogP contribution in [0, 0.1) is 5.82 Å². The largest absolute Gasteiger partial charge is 0.491 e. The van der Waals surface area contributed by atoms with Gasteiger partial charge in [0, 0.05) is 49.8 Å². The summed E-state index contributed by atoms with van der Waals surface area (Å²) >= 11 is 0. The summed E-state index contributed by atoms with van der Waals surface area (Å²) in [6.07, 6.45) is 4.54. The number of hydrogen-bond donors (Lipinski definition) is 0. The van der Waals surface area contributed by atoms with E-state index in [9.17, 15) is 9.59 Å². The third-order valence-corrected chi connectivity index (χ3v) is 6.14. The van der Waals surface area contributed by atoms with E-state index in [4.69, 9.17) is 14.2 Å². The number of carbonyl (C=O) groups is 1. The third-order valence-electron chi connectivity index (χ3n) is 6.14. The van der Waals surface area contributed by atoms with Crippen LogP contribution in [0.1, 0.15) is 15.9 Å². The summed E-state index contributed by atoms with van der Waals surface area (Å²) in [5, 5.41) is 0. The van der Waals surface area contributed by atoms with Gasteiger partial charge in [-0.05, 0) is 23.3 Å². The number of carbonyl (C=O) groups excluding carboxylic acids is 1. The van der Waals surface area contributed by atoms with E-state index >= 15 is 4.39 Å². The van der Waals surface area contributed by atoms with Crippen molar-refractivity contribution in [1.29, 1.82) is 0 Å². The van der Waals surface area contributed by atoms with Crippen molar-refractivity contribution in [3.8, 4) is 34.3 Å². The summed E-state index contributed by atoms with van der Waals surface area (Å²) in [7, 11) is 4.70. The highest BCUT2D eigenvalue weighted by Crippen LogP contribution is 2.34. The fourth-order valence-corrected chi connectivity index (χ4v) is 4.25. The molecule has 2 aromatic carbocycles. The Morgan fingerprint density at radius 1 is 0.949 bits per heavy atom. The zero-order valence-electron chi connectivity index (χ0n) is 21.5. The lowest BCUT2D eigenvalue weighted by Crippen LogP contribution is -2.20. The highest BCUT2D eigenvalue weighted by molar-refractivity contribution is 5.98. The number of aromatic nitrogens is 3. The van der Waals surface area contributed by atoms with Gasteiger partial charge in [0.1, 0.15) is 5.52 Å². The van der Waals surface area contributed by atoms with Gasteiger partial charge < -0.3 is 18.8 Å². The molecule has 0 bridgehead atoms. The molecule has 0 fully saturated rings. The summed E-state index contributed by atoms with van der Waals surface area (Å²) in [6, 6.07) is 16.6. The van der Waals surface area contributed by atoms with Crippen molar-refractivity contribution >= 4 is 16.8 Å². The molecular formula is C30H24FN3O5. The molecule has 0 aliphatic rings. The normalized spacial score (nSPS) is 10.9. The van der Waals surface area contributed by atoms with Crippen LogP contribution < -0.4 is 19.6 Å². The molecule has 0 saturated carbocycles. The number of benzene rings is 2. The second-order valence-corrected chi connectivity index (χ2v) is 8.79. The average molecular weight is 526 g/mol. The van der Waals surface area contributed by atoms with Crippen LogP contribution in [-0.2, 0) is 13.5 Å². The van der Waals surface area contributed by atoms with Gasteiger partial charge in [-0.1, -0.05) is 36.4 Å². The Kier molecular flexibility index (Phi) is 7.05. The molecule has 5 aromatic rings. The fourth-order valence-electron chi connectivity index (χ4n) is 4.25. The highest BCUT2D eigenvalue weighted by atomic mass is 19.1. The summed E-state index contributed by atoms with van der Waals surface area (Å²) < 4.78 is 33.1. The first kappa shape index (κ1) is 25.6. The fraction of sp³-hybridized carbons (Fsp3) is 0.133. The number of Topliss-reactive ketones (excluding diaryl/α,β-unsaturated/α-hetero) is 1. The first-order valence-electron chi connectivity index (χ1n) is 12.0. The molecule has 0 atom stereocenters. The lowest BCUT2D eigenvalue weighted by molar-refractivity contribution is 0.0991. The Labute approximate surface area is 223 Å². The molecule has 3 heterocycles. The predicted octanol–water partition coefficient (Wildman–Crippen LogP) is 5.37. The molecule has 5 rings (SSSR count). The molecule has 0 spiro atoms. The van der Waals surface area contributed by atoms with E-state index in [1.807, 2.05) is 30.3 Å². The molecule has 0 N–H and O–H groups in total. The first-order valence-corrected chi connectivity index (χ1v) is 12.0. The van der Waals surface area contributed by atoms with Crippen LogP contribution in [0.2, 0.25) is 0 Å². The topological polar surface area (TPSA) is 92.5 Å². The predicted molar refractivity (Wildman–Crippen MR) is 144 cm³/mol. The monoisotopic (exact) mass is 525 g/mol. The van der Waals surface area contributed by atoms with Gasteiger partial charge in [0.25, 0.3) is 5.88 Å². The molecule has 0 amide bonds. The van der Waals surface area contributed by atoms with Gasteiger partial charge in [-0.3, -0.25) is 14.6 Å². The maximum atomic E-state index is 15.1. The van der Waals surface area contributed by atoms with Gasteiger partial charge in [-0.2, -0.15) is 0 Å². The Balaban J connectivity index is 1.40. The zero-order valence-corrected chi connectivity index (χ0v) is 21.5. The summed E-state index contributed by atoms with van der Waals surface area (Å²) in [6.45, 7) is 0. The molecule has 8 nitrogen and oxygen atoms in total. The second kappa shape index (κ2) is 10.7. The van der Waals surface area contributed by atoms with Crippen molar-refractivity contribution in [3.05, 3.63) is 106 Å². The smallest absolute Gasteiger partial charge is 0.257 e. The van der Waals surface area contributed by atoms with E-state index in [2.05, 4.69) is 9.97 Å². The minimum Gasteiger partial charge on any atom is -0.491 e. The van der Waals surface area contributed by atoms with Gasteiger partial charge >= 0.3 is 0 Å². The van der Waals surface area contributed by atoms with Crippen LogP contribution in [0.5, 0.6) is 23.1 Å². The molecule has 39 heavy (non-hydrogen) atoms. The van der Waals surface area contributed by atoms with Crippen LogP contribution in [0.15, 0.2) is 84.0 Å². The van der Waals surface area contributed by atoms with Crippen molar-refractivity contribution in [2.45, 2.75) is 6.42 Å². The molecule has 9 heteroatoms. The van der Waals surface area contributed by atoms with Crippen LogP contribution in [-0.4, -0.2) is 34.5 Å². The Hall–Kier alpha value is -5.05. The molecule has 0 aliphatic heterocycles. The minimum absolute atomic E-state index is 0.0401. The maximum Gasteiger partial charge on any atom is 0.257 e. The number of nitrogens with zero attached hydrogens (tertiary/aromatic N) is 3. The van der Waals surface area contributed by atoms with Gasteiger partial charge in [0.2, 0.25) is 0 Å². The highest BCUT2D eigenvalue weighted by Gasteiger charge is 2.18. The van der Waals surface area contributed by atoms with Crippen LogP contribution in [0.25, 0.3) is 22.2 Å². The van der Waals surface area contributed by atoms with E-state index in [1.165, 1.54) is 38.7 Å². The van der Waals surface area contributed by atoms with Crippen LogP contribution in [0.4, 0.5) is 4.39 Å². The standard InChI is InChI=1S/C30H24FN3O5/c1-34-16-20(19-7-5-4-6-8-19)29(36)21(17-34)24(35)14-18-9-10-25(22(31)13-18)39-26-11-12-32-23-15-27(37-2)30(38-3)33-28(23)26/h4-13,15-17H,14H2,1-3H3. The van der Waals surface area contributed by atoms with Crippen molar-refractivity contribution in [3.63, 3.8) is 0 Å². The number of rotatable bonds is 8. The van der Waals surface area contributed by atoms with E-state index < -0.39 is 11.6 Å². The number of pyridine rings is 3. The van der Waals surface area contributed by atoms with Crippen molar-refractivity contribution in [2.75, 3.05) is 14.2 Å². The number of halogens is 1. The number of ether oxygens (including phenoxy) is 3. The molecule has 0 saturated heterocycles. The van der Waals surface area contributed by atoms with Crippen LogP contribution >= 0.6 is 0 Å². The number of ketones is 1. The first-order chi connectivity index (χ1) is 18.9. The molecule has 0 aliphatic carbocycles. The quantitative estimate of drug-likeness (QED) is 0.252. The third kappa shape index (κ3) is 5.19. The molecule has 0 unspecified atom stereocenters. The summed E-state index contributed by atoms with van der Waals surface area (Å²) in [4.78, 5) is 34.9. The van der Waals surface area contributed by atoms with E-state index in [1.54, 1.807) is 36.0 Å². The van der Waals surface area contributed by atoms with Crippen molar-refractivity contribution in [1.82, 2.24) is 14.5 Å². The number of fused-ring (bicyclic) bond motifs is 1. The van der Waals surface area contributed by atoms with Gasteiger partial charge in [-0.15, -0.1) is 0 Å². The molecule has 0 radical (unpaired) electrons. The Bertz CT molecular complexity index is 1750. The molecular weight excluding hydrogens is 501 g/mol. The van der Waals surface area contributed by atoms with Crippen molar-refractivity contribution < 1.29 is 23.4 Å². The SMILES string of the molecule is COc1cc2nccc(Oc3ccc(CC(=O)c4cn(C)cc(-c5ccccc5)c4=O)cc3F)c2nc1OC. The lowest BCUT2D eigenvalue weighted by atomic mass is 10.00. The Morgan fingerprint density at radius 2 is 1.74 bits per heavy atom. The van der Waals surface area contributed by atoms with Gasteiger partial charge in [-0.25, -0.2) is 9.37 Å². The Morgan fingerprint density at radius 3 is 2.46 bits per heavy atom. The van der Waals surface area contributed by atoms with Crippen molar-refractivity contribution in [2.24, 2.45) is 7.05 Å². The van der Waals surface area contributed by atoms with E-state index in [0.29, 0.717) is 27.9 Å². The minimum atomic E-state index is -0.670. The maximum absolute atomic E-state index is 15.1. The number of hydrogen-bond acceptors (Lipinski definition) is 7. The van der Waals surface area contributed by atoms with Crippen LogP contribution in [0.3, 0.4) is 0 Å². The van der Waals surface area contributed by atoms with Gasteiger partial charge in [0.05, 0.1) is 25.3 Å². The number of aryl methyl sites for hydroxylation is 1. The molecule has 196 valence electrons. The number of methoxy groups -OCH3 is 2. The zero-order chi connectivity index (χ0) is 27.5. The average Bonchev–Trinajstić information content (AvgIpc) is 2.95. The second-order valence-electron chi connectivity index (χ2n) is 8.79. The summed E-state index contributed by atoms with van der Waals surface area (Å²) in [5.41, 5.74) is 2.06. The lowest BCUT2D eigenvalue weighted by Gasteiger charge is -2.12. The van der Waals surface area contributed by atoms with Gasteiger partial charge in [0.15, 0.2) is 34.3 Å².